The molecular weight excluding hydrogens is 318 g/mol. The molecule has 1 amide bonds. The minimum Gasteiger partial charge on any atom is -0.497 e. The third-order valence-electron chi connectivity index (χ3n) is 4.11. The molecule has 126 valence electrons. The highest BCUT2D eigenvalue weighted by Gasteiger charge is 2.22. The maximum Gasteiger partial charge on any atom is 0.246 e. The Bertz CT molecular complexity index is 916. The van der Waals surface area contributed by atoms with Crippen LogP contribution in [0.3, 0.4) is 0 Å². The summed E-state index contributed by atoms with van der Waals surface area (Å²) in [7, 11) is 1.61. The molecular formula is C19H17N3O3. The number of ether oxygens (including phenoxy) is 2. The van der Waals surface area contributed by atoms with Gasteiger partial charge in [-0.3, -0.25) is 9.48 Å². The lowest BCUT2D eigenvalue weighted by atomic mass is 10.0. The predicted molar refractivity (Wildman–Crippen MR) is 93.6 cm³/mol. The molecule has 0 saturated carbocycles. The Labute approximate surface area is 145 Å². The number of anilines is 1. The van der Waals surface area contributed by atoms with Crippen LogP contribution in [0.5, 0.6) is 11.5 Å². The average molecular weight is 335 g/mol. The molecule has 1 aromatic heterocycles. The maximum absolute atomic E-state index is 12.4. The van der Waals surface area contributed by atoms with Crippen molar-refractivity contribution in [3.8, 4) is 22.8 Å². The monoisotopic (exact) mass is 335 g/mol. The molecule has 0 aliphatic carbocycles. The SMILES string of the molecule is COc1ccc(NC(=O)Cn2ncc3c2-c2ccccc2OC3)cc1. The number of methoxy groups -OCH3 is 1. The van der Waals surface area contributed by atoms with Gasteiger partial charge in [0.1, 0.15) is 24.7 Å². The number of aromatic nitrogens is 2. The van der Waals surface area contributed by atoms with Crippen molar-refractivity contribution in [3.63, 3.8) is 0 Å². The van der Waals surface area contributed by atoms with E-state index in [0.717, 1.165) is 34.0 Å². The van der Waals surface area contributed by atoms with Crippen molar-refractivity contribution in [1.29, 1.82) is 0 Å². The summed E-state index contributed by atoms with van der Waals surface area (Å²) in [5, 5.41) is 7.24. The van der Waals surface area contributed by atoms with Gasteiger partial charge in [-0.1, -0.05) is 12.1 Å². The Kier molecular flexibility index (Phi) is 3.85. The quantitative estimate of drug-likeness (QED) is 0.796. The number of rotatable bonds is 4. The van der Waals surface area contributed by atoms with Gasteiger partial charge in [0.15, 0.2) is 0 Å². The van der Waals surface area contributed by atoms with Gasteiger partial charge >= 0.3 is 0 Å². The Morgan fingerprint density at radius 2 is 2.04 bits per heavy atom. The first-order valence-electron chi connectivity index (χ1n) is 7.95. The summed E-state index contributed by atoms with van der Waals surface area (Å²) >= 11 is 0. The molecule has 6 heteroatoms. The lowest BCUT2D eigenvalue weighted by Gasteiger charge is -2.19. The molecule has 0 fully saturated rings. The number of hydrogen-bond acceptors (Lipinski definition) is 4. The summed E-state index contributed by atoms with van der Waals surface area (Å²) in [6.07, 6.45) is 1.76. The Hall–Kier alpha value is -3.28. The number of carbonyl (C=O) groups excluding carboxylic acids is 1. The van der Waals surface area contributed by atoms with Gasteiger partial charge in [-0.2, -0.15) is 5.10 Å². The molecule has 0 atom stereocenters. The van der Waals surface area contributed by atoms with Crippen molar-refractivity contribution < 1.29 is 14.3 Å². The summed E-state index contributed by atoms with van der Waals surface area (Å²) in [4.78, 5) is 12.4. The van der Waals surface area contributed by atoms with Crippen LogP contribution in [0.1, 0.15) is 5.56 Å². The fraction of sp³-hybridized carbons (Fsp3) is 0.158. The zero-order chi connectivity index (χ0) is 17.2. The molecule has 0 bridgehead atoms. The number of amides is 1. The molecule has 3 aromatic rings. The van der Waals surface area contributed by atoms with Crippen LogP contribution in [0.25, 0.3) is 11.3 Å². The van der Waals surface area contributed by atoms with Crippen LogP contribution >= 0.6 is 0 Å². The van der Waals surface area contributed by atoms with Gasteiger partial charge in [0.25, 0.3) is 0 Å². The van der Waals surface area contributed by atoms with Crippen molar-refractivity contribution in [1.82, 2.24) is 9.78 Å². The van der Waals surface area contributed by atoms with E-state index in [2.05, 4.69) is 10.4 Å². The van der Waals surface area contributed by atoms with E-state index >= 15 is 0 Å². The Balaban J connectivity index is 1.54. The topological polar surface area (TPSA) is 65.4 Å². The predicted octanol–water partition coefficient (Wildman–Crippen LogP) is 3.09. The molecule has 25 heavy (non-hydrogen) atoms. The summed E-state index contributed by atoms with van der Waals surface area (Å²) in [6.45, 7) is 0.599. The smallest absolute Gasteiger partial charge is 0.246 e. The van der Waals surface area contributed by atoms with Crippen molar-refractivity contribution in [2.75, 3.05) is 12.4 Å². The van der Waals surface area contributed by atoms with Crippen LogP contribution in [-0.4, -0.2) is 22.8 Å². The summed E-state index contributed by atoms with van der Waals surface area (Å²) in [5.74, 6) is 1.42. The standard InChI is InChI=1S/C19H17N3O3/c1-24-15-8-6-14(7-9-15)21-18(23)11-22-19-13(10-20-22)12-25-17-5-3-2-4-16(17)19/h2-10H,11-12H2,1H3,(H,21,23). The molecule has 0 spiro atoms. The minimum atomic E-state index is -0.139. The second kappa shape index (κ2) is 6.32. The van der Waals surface area contributed by atoms with Crippen LogP contribution in [-0.2, 0) is 17.9 Å². The van der Waals surface area contributed by atoms with Crippen molar-refractivity contribution in [3.05, 3.63) is 60.3 Å². The van der Waals surface area contributed by atoms with E-state index in [-0.39, 0.29) is 12.5 Å². The molecule has 1 N–H and O–H groups in total. The van der Waals surface area contributed by atoms with E-state index < -0.39 is 0 Å². The average Bonchev–Trinajstić information content (AvgIpc) is 3.05. The number of nitrogens with one attached hydrogen (secondary N) is 1. The number of nitrogens with zero attached hydrogens (tertiary/aromatic N) is 2. The molecule has 0 saturated heterocycles. The van der Waals surface area contributed by atoms with Crippen molar-refractivity contribution in [2.24, 2.45) is 0 Å². The highest BCUT2D eigenvalue weighted by Crippen LogP contribution is 2.36. The van der Waals surface area contributed by atoms with E-state index in [0.29, 0.717) is 6.61 Å². The lowest BCUT2D eigenvalue weighted by molar-refractivity contribution is -0.116. The second-order valence-corrected chi connectivity index (χ2v) is 5.74. The first-order valence-corrected chi connectivity index (χ1v) is 7.95. The van der Waals surface area contributed by atoms with Gasteiger partial charge in [-0.15, -0.1) is 0 Å². The van der Waals surface area contributed by atoms with Crippen LogP contribution in [0.15, 0.2) is 54.7 Å². The third kappa shape index (κ3) is 2.94. The van der Waals surface area contributed by atoms with E-state index in [1.807, 2.05) is 24.3 Å². The number of para-hydroxylation sites is 1. The molecule has 4 rings (SSSR count). The molecule has 1 aliphatic rings. The second-order valence-electron chi connectivity index (χ2n) is 5.74. The molecule has 6 nitrogen and oxygen atoms in total. The fourth-order valence-electron chi connectivity index (χ4n) is 2.92. The fourth-order valence-corrected chi connectivity index (χ4v) is 2.92. The molecule has 1 aliphatic heterocycles. The highest BCUT2D eigenvalue weighted by atomic mass is 16.5. The number of fused-ring (bicyclic) bond motifs is 3. The molecule has 0 radical (unpaired) electrons. The number of hydrogen-bond donors (Lipinski definition) is 1. The van der Waals surface area contributed by atoms with Crippen LogP contribution in [0, 0.1) is 0 Å². The summed E-state index contributed by atoms with van der Waals surface area (Å²) < 4.78 is 12.6. The first-order chi connectivity index (χ1) is 12.2. The number of benzene rings is 2. The van der Waals surface area contributed by atoms with E-state index in [1.54, 1.807) is 42.3 Å². The van der Waals surface area contributed by atoms with Crippen LogP contribution in [0.4, 0.5) is 5.69 Å². The van der Waals surface area contributed by atoms with Gasteiger partial charge in [0, 0.05) is 16.8 Å². The van der Waals surface area contributed by atoms with Crippen molar-refractivity contribution in [2.45, 2.75) is 13.2 Å². The molecule has 2 aromatic carbocycles. The third-order valence-corrected chi connectivity index (χ3v) is 4.11. The normalized spacial score (nSPS) is 11.9. The van der Waals surface area contributed by atoms with Gasteiger partial charge < -0.3 is 14.8 Å². The molecule has 2 heterocycles. The number of carbonyl (C=O) groups is 1. The van der Waals surface area contributed by atoms with Gasteiger partial charge in [-0.25, -0.2) is 0 Å². The van der Waals surface area contributed by atoms with E-state index in [4.69, 9.17) is 9.47 Å². The largest absolute Gasteiger partial charge is 0.497 e. The van der Waals surface area contributed by atoms with Gasteiger partial charge in [0.2, 0.25) is 5.91 Å². The van der Waals surface area contributed by atoms with Crippen molar-refractivity contribution >= 4 is 11.6 Å². The lowest BCUT2D eigenvalue weighted by Crippen LogP contribution is -2.20. The van der Waals surface area contributed by atoms with Crippen LogP contribution < -0.4 is 14.8 Å². The highest BCUT2D eigenvalue weighted by molar-refractivity contribution is 5.91. The van der Waals surface area contributed by atoms with Gasteiger partial charge in [-0.05, 0) is 36.4 Å². The first kappa shape index (κ1) is 15.3. The van der Waals surface area contributed by atoms with E-state index in [9.17, 15) is 4.79 Å². The van der Waals surface area contributed by atoms with Crippen LogP contribution in [0.2, 0.25) is 0 Å². The maximum atomic E-state index is 12.4. The summed E-state index contributed by atoms with van der Waals surface area (Å²) in [6, 6.07) is 15.0. The van der Waals surface area contributed by atoms with Gasteiger partial charge in [0.05, 0.1) is 19.0 Å². The zero-order valence-corrected chi connectivity index (χ0v) is 13.7. The zero-order valence-electron chi connectivity index (χ0n) is 13.7. The minimum absolute atomic E-state index is 0.135. The molecule has 0 unspecified atom stereocenters. The Morgan fingerprint density at radius 3 is 2.84 bits per heavy atom. The Morgan fingerprint density at radius 1 is 1.24 bits per heavy atom. The summed E-state index contributed by atoms with van der Waals surface area (Å²) in [5.41, 5.74) is 3.59. The van der Waals surface area contributed by atoms with E-state index in [1.165, 1.54) is 0 Å².